The van der Waals surface area contributed by atoms with Gasteiger partial charge in [0.15, 0.2) is 0 Å². The first-order chi connectivity index (χ1) is 27.0. The van der Waals surface area contributed by atoms with E-state index in [1.54, 1.807) is 6.08 Å². The summed E-state index contributed by atoms with van der Waals surface area (Å²) < 4.78 is 5.45. The van der Waals surface area contributed by atoms with E-state index in [0.29, 0.717) is 19.4 Å². The number of hydrogen-bond acceptors (Lipinski definition) is 5. The number of nitrogens with one attached hydrogen (secondary N) is 1. The number of hydrogen-bond donors (Lipinski definition) is 3. The lowest BCUT2D eigenvalue weighted by Crippen LogP contribution is -2.45. The van der Waals surface area contributed by atoms with E-state index in [1.165, 1.54) is 167 Å². The Morgan fingerprint density at radius 3 is 1.29 bits per heavy atom. The van der Waals surface area contributed by atoms with Gasteiger partial charge in [-0.2, -0.15) is 0 Å². The van der Waals surface area contributed by atoms with Gasteiger partial charge in [-0.15, -0.1) is 0 Å². The van der Waals surface area contributed by atoms with Gasteiger partial charge < -0.3 is 20.3 Å². The van der Waals surface area contributed by atoms with Gasteiger partial charge in [0.05, 0.1) is 25.4 Å². The van der Waals surface area contributed by atoms with E-state index in [-0.39, 0.29) is 18.5 Å². The first kappa shape index (κ1) is 53.3. The summed E-state index contributed by atoms with van der Waals surface area (Å²) in [7, 11) is 0. The van der Waals surface area contributed by atoms with Crippen molar-refractivity contribution in [1.82, 2.24) is 5.32 Å². The summed E-state index contributed by atoms with van der Waals surface area (Å²) in [6.45, 7) is 4.82. The SMILES string of the molecule is CCCCCCCC/C=C\CCCCCCCCCC(=O)OCCCCCCCCCCCCC(=O)NC(CO)C(O)/C=C/CCCCCCCCCCC. The lowest BCUT2D eigenvalue weighted by Gasteiger charge is -2.20. The van der Waals surface area contributed by atoms with E-state index in [2.05, 4.69) is 31.3 Å². The maximum atomic E-state index is 12.4. The van der Waals surface area contributed by atoms with Gasteiger partial charge in [0.1, 0.15) is 0 Å². The minimum Gasteiger partial charge on any atom is -0.466 e. The highest BCUT2D eigenvalue weighted by Gasteiger charge is 2.18. The van der Waals surface area contributed by atoms with Crippen LogP contribution in [-0.2, 0) is 14.3 Å². The second-order valence-electron chi connectivity index (χ2n) is 16.4. The highest BCUT2D eigenvalue weighted by atomic mass is 16.5. The monoisotopic (exact) mass is 776 g/mol. The molecule has 0 bridgehead atoms. The van der Waals surface area contributed by atoms with Crippen LogP contribution >= 0.6 is 0 Å². The number of aliphatic hydroxyl groups is 2. The fourth-order valence-electron chi connectivity index (χ4n) is 7.21. The molecule has 2 unspecified atom stereocenters. The Labute approximate surface area is 341 Å². The number of carbonyl (C=O) groups is 2. The molecule has 0 saturated carbocycles. The number of amides is 1. The van der Waals surface area contributed by atoms with Crippen molar-refractivity contribution in [2.45, 2.75) is 264 Å². The molecule has 0 aromatic rings. The fourth-order valence-corrected chi connectivity index (χ4v) is 7.21. The van der Waals surface area contributed by atoms with E-state index < -0.39 is 12.1 Å². The quantitative estimate of drug-likeness (QED) is 0.0325. The third kappa shape index (κ3) is 41.8. The minimum atomic E-state index is -0.857. The zero-order valence-electron chi connectivity index (χ0n) is 36.7. The first-order valence-electron chi connectivity index (χ1n) is 24.1. The molecule has 0 spiro atoms. The van der Waals surface area contributed by atoms with Crippen molar-refractivity contribution in [3.63, 3.8) is 0 Å². The van der Waals surface area contributed by atoms with Crippen LogP contribution in [0.5, 0.6) is 0 Å². The molecule has 6 heteroatoms. The van der Waals surface area contributed by atoms with Crippen LogP contribution in [-0.4, -0.2) is 47.4 Å². The molecular weight excluding hydrogens is 683 g/mol. The van der Waals surface area contributed by atoms with Gasteiger partial charge in [0, 0.05) is 12.8 Å². The Balaban J connectivity index is 3.49. The second-order valence-corrected chi connectivity index (χ2v) is 16.4. The topological polar surface area (TPSA) is 95.9 Å². The maximum Gasteiger partial charge on any atom is 0.305 e. The molecular formula is C49H93NO5. The number of allylic oxidation sites excluding steroid dienone is 3. The van der Waals surface area contributed by atoms with Crippen LogP contribution in [0.2, 0.25) is 0 Å². The number of rotatable bonds is 44. The molecule has 0 saturated heterocycles. The molecule has 324 valence electrons. The normalized spacial score (nSPS) is 12.9. The van der Waals surface area contributed by atoms with Crippen molar-refractivity contribution in [2.24, 2.45) is 0 Å². The Kier molecular flexibility index (Phi) is 43.7. The molecule has 55 heavy (non-hydrogen) atoms. The summed E-state index contributed by atoms with van der Waals surface area (Å²) in [4.78, 5) is 24.4. The van der Waals surface area contributed by atoms with E-state index >= 15 is 0 Å². The Morgan fingerprint density at radius 2 is 0.855 bits per heavy atom. The van der Waals surface area contributed by atoms with Crippen LogP contribution < -0.4 is 5.32 Å². The molecule has 0 rings (SSSR count). The molecule has 0 heterocycles. The van der Waals surface area contributed by atoms with E-state index in [4.69, 9.17) is 4.74 Å². The highest BCUT2D eigenvalue weighted by Crippen LogP contribution is 2.15. The predicted molar refractivity (Wildman–Crippen MR) is 236 cm³/mol. The molecule has 6 nitrogen and oxygen atoms in total. The van der Waals surface area contributed by atoms with Gasteiger partial charge in [0.2, 0.25) is 5.91 Å². The zero-order chi connectivity index (χ0) is 40.1. The van der Waals surface area contributed by atoms with Gasteiger partial charge in [-0.25, -0.2) is 0 Å². The Morgan fingerprint density at radius 1 is 0.491 bits per heavy atom. The average molecular weight is 776 g/mol. The number of carbonyl (C=O) groups excluding carboxylic acids is 2. The van der Waals surface area contributed by atoms with Crippen LogP contribution in [0.4, 0.5) is 0 Å². The molecule has 1 amide bonds. The molecule has 0 radical (unpaired) electrons. The van der Waals surface area contributed by atoms with Crippen molar-refractivity contribution >= 4 is 11.9 Å². The minimum absolute atomic E-state index is 0.0250. The zero-order valence-corrected chi connectivity index (χ0v) is 36.7. The number of unbranched alkanes of at least 4 members (excludes halogenated alkanes) is 31. The van der Waals surface area contributed by atoms with Crippen LogP contribution in [0.3, 0.4) is 0 Å². The van der Waals surface area contributed by atoms with Gasteiger partial charge in [-0.1, -0.05) is 205 Å². The summed E-state index contributed by atoms with van der Waals surface area (Å²) in [5.74, 6) is -0.118. The Bertz CT molecular complexity index is 858. The van der Waals surface area contributed by atoms with Crippen molar-refractivity contribution in [3.05, 3.63) is 24.3 Å². The fraction of sp³-hybridized carbons (Fsp3) is 0.878. The molecule has 0 aromatic heterocycles. The van der Waals surface area contributed by atoms with Crippen molar-refractivity contribution in [2.75, 3.05) is 13.2 Å². The molecule has 3 N–H and O–H groups in total. The highest BCUT2D eigenvalue weighted by molar-refractivity contribution is 5.76. The number of aliphatic hydroxyl groups excluding tert-OH is 2. The third-order valence-corrected chi connectivity index (χ3v) is 11.0. The lowest BCUT2D eigenvalue weighted by molar-refractivity contribution is -0.143. The summed E-state index contributed by atoms with van der Waals surface area (Å²) >= 11 is 0. The second kappa shape index (κ2) is 45.0. The van der Waals surface area contributed by atoms with E-state index in [0.717, 1.165) is 57.8 Å². The molecule has 2 atom stereocenters. The molecule has 0 aromatic carbocycles. The molecule has 0 aliphatic heterocycles. The van der Waals surface area contributed by atoms with Gasteiger partial charge >= 0.3 is 5.97 Å². The maximum absolute atomic E-state index is 12.4. The third-order valence-electron chi connectivity index (χ3n) is 11.0. The smallest absolute Gasteiger partial charge is 0.305 e. The summed E-state index contributed by atoms with van der Waals surface area (Å²) in [6.07, 6.45) is 51.7. The van der Waals surface area contributed by atoms with Crippen LogP contribution in [0, 0.1) is 0 Å². The molecule has 0 aliphatic rings. The van der Waals surface area contributed by atoms with Gasteiger partial charge in [-0.05, 0) is 57.8 Å². The van der Waals surface area contributed by atoms with Gasteiger partial charge in [0.25, 0.3) is 0 Å². The van der Waals surface area contributed by atoms with E-state index in [9.17, 15) is 19.8 Å². The average Bonchev–Trinajstić information content (AvgIpc) is 3.18. The first-order valence-corrected chi connectivity index (χ1v) is 24.1. The lowest BCUT2D eigenvalue weighted by atomic mass is 10.0. The standard InChI is InChI=1S/C49H93NO5/c1-3-5-7-9-11-13-15-16-17-18-19-20-22-27-31-35-39-43-49(54)55-44-40-36-32-28-24-23-26-30-34-38-42-48(53)50-46(45-51)47(52)41-37-33-29-25-21-14-12-10-8-6-4-2/h16-17,37,41,46-47,51-52H,3-15,18-36,38-40,42-45H2,1-2H3,(H,50,53)/b17-16-,41-37+. The number of esters is 1. The van der Waals surface area contributed by atoms with Crippen LogP contribution in [0.1, 0.15) is 251 Å². The van der Waals surface area contributed by atoms with E-state index in [1.807, 2.05) is 6.08 Å². The van der Waals surface area contributed by atoms with Gasteiger partial charge in [-0.3, -0.25) is 9.59 Å². The largest absolute Gasteiger partial charge is 0.466 e. The van der Waals surface area contributed by atoms with Crippen molar-refractivity contribution in [1.29, 1.82) is 0 Å². The van der Waals surface area contributed by atoms with Crippen molar-refractivity contribution in [3.8, 4) is 0 Å². The molecule has 0 aliphatic carbocycles. The van der Waals surface area contributed by atoms with Crippen LogP contribution in [0.15, 0.2) is 24.3 Å². The summed E-state index contributed by atoms with van der Waals surface area (Å²) in [5, 5.41) is 22.9. The van der Waals surface area contributed by atoms with Crippen molar-refractivity contribution < 1.29 is 24.5 Å². The molecule has 0 fully saturated rings. The predicted octanol–water partition coefficient (Wildman–Crippen LogP) is 14.0. The number of ether oxygens (including phenoxy) is 1. The van der Waals surface area contributed by atoms with Crippen LogP contribution in [0.25, 0.3) is 0 Å². The Hall–Kier alpha value is -1.66. The summed E-state index contributed by atoms with van der Waals surface area (Å²) in [5.41, 5.74) is 0. The summed E-state index contributed by atoms with van der Waals surface area (Å²) in [6, 6.07) is -0.643.